The Morgan fingerprint density at radius 2 is 2.10 bits per heavy atom. The molecule has 5 rings (SSSR count). The van der Waals surface area contributed by atoms with Crippen molar-refractivity contribution in [2.75, 3.05) is 11.9 Å². The number of likely N-dealkylation sites (tertiary alicyclic amines) is 1. The average molecular weight is 573 g/mol. The van der Waals surface area contributed by atoms with Gasteiger partial charge in [-0.25, -0.2) is 9.97 Å². The highest BCUT2D eigenvalue weighted by molar-refractivity contribution is 7.17. The first-order valence-electron chi connectivity index (χ1n) is 13.3. The first-order valence-corrected chi connectivity index (χ1v) is 14.1. The number of imidazole rings is 1. The fourth-order valence-corrected chi connectivity index (χ4v) is 5.93. The topological polar surface area (TPSA) is 124 Å². The summed E-state index contributed by atoms with van der Waals surface area (Å²) in [4.78, 5) is 37.7. The van der Waals surface area contributed by atoms with E-state index in [1.165, 1.54) is 23.6 Å². The van der Waals surface area contributed by atoms with Crippen LogP contribution in [0.2, 0.25) is 0 Å². The van der Waals surface area contributed by atoms with Crippen molar-refractivity contribution in [3.8, 4) is 16.5 Å². The van der Waals surface area contributed by atoms with E-state index >= 15 is 0 Å². The number of allylic oxidation sites excluding steroid dienone is 1. The van der Waals surface area contributed by atoms with Crippen molar-refractivity contribution in [3.63, 3.8) is 0 Å². The summed E-state index contributed by atoms with van der Waals surface area (Å²) >= 11 is 1.22. The average Bonchev–Trinajstić information content (AvgIpc) is 3.71. The molecule has 4 heterocycles. The number of amides is 2. The number of thiophene rings is 1. The molecule has 1 saturated heterocycles. The molecule has 1 atom stereocenters. The molecule has 0 radical (unpaired) electrons. The lowest BCUT2D eigenvalue weighted by Gasteiger charge is -2.26. The molecular weight excluding hydrogens is 543 g/mol. The van der Waals surface area contributed by atoms with Gasteiger partial charge in [0.25, 0.3) is 11.8 Å². The minimum Gasteiger partial charge on any atom is -0.392 e. The number of nitrogens with zero attached hydrogens (tertiary/aromatic N) is 5. The van der Waals surface area contributed by atoms with E-state index in [4.69, 9.17) is 0 Å². The van der Waals surface area contributed by atoms with Crippen LogP contribution in [0.5, 0.6) is 0 Å². The van der Waals surface area contributed by atoms with Gasteiger partial charge in [0.1, 0.15) is 11.6 Å². The number of aromatic nitrogens is 3. The fraction of sp³-hybridized carbons (Fsp3) is 0.300. The zero-order valence-corrected chi connectivity index (χ0v) is 23.5. The van der Waals surface area contributed by atoms with Gasteiger partial charge < -0.3 is 14.6 Å². The summed E-state index contributed by atoms with van der Waals surface area (Å²) in [6, 6.07) is 13.7. The third kappa shape index (κ3) is 6.04. The van der Waals surface area contributed by atoms with E-state index in [9.17, 15) is 24.3 Å². The molecule has 0 saturated carbocycles. The number of hydrogen-bond acceptors (Lipinski definition) is 7. The minimum absolute atomic E-state index is 0.0603. The van der Waals surface area contributed by atoms with Gasteiger partial charge in [0, 0.05) is 30.2 Å². The van der Waals surface area contributed by atoms with Gasteiger partial charge in [0.2, 0.25) is 11.9 Å². The molecule has 3 aromatic heterocycles. The molecule has 4 aromatic rings. The third-order valence-electron chi connectivity index (χ3n) is 6.94. The van der Waals surface area contributed by atoms with Gasteiger partial charge >= 0.3 is 0 Å². The molecule has 0 aliphatic carbocycles. The molecule has 9 nitrogen and oxygen atoms in total. The molecule has 41 heavy (non-hydrogen) atoms. The summed E-state index contributed by atoms with van der Waals surface area (Å²) in [5, 5.41) is 22.2. The van der Waals surface area contributed by atoms with Crippen molar-refractivity contribution in [2.24, 2.45) is 5.92 Å². The van der Waals surface area contributed by atoms with Crippen molar-refractivity contribution < 1.29 is 19.1 Å². The molecule has 1 aliphatic rings. The van der Waals surface area contributed by atoms with Crippen LogP contribution >= 0.6 is 11.3 Å². The summed E-state index contributed by atoms with van der Waals surface area (Å²) in [6.07, 6.45) is 4.60. The molecule has 0 spiro atoms. The maximum atomic E-state index is 13.6. The van der Waals surface area contributed by atoms with Crippen LogP contribution in [0.15, 0.2) is 60.3 Å². The molecule has 2 N–H and O–H groups in total. The summed E-state index contributed by atoms with van der Waals surface area (Å²) in [6.45, 7) is 4.60. The smallest absolute Gasteiger partial charge is 0.268 e. The van der Waals surface area contributed by atoms with E-state index in [0.29, 0.717) is 40.6 Å². The Morgan fingerprint density at radius 1 is 1.27 bits per heavy atom. The Kier molecular flexibility index (Phi) is 8.23. The highest BCUT2D eigenvalue weighted by atomic mass is 32.1. The summed E-state index contributed by atoms with van der Waals surface area (Å²) in [5.41, 5.74) is 2.78. The third-order valence-corrected chi connectivity index (χ3v) is 8.08. The monoisotopic (exact) mass is 572 g/mol. The number of rotatable bonds is 8. The number of aliphatic hydroxyl groups is 1. The number of nitriles is 1. The normalized spacial score (nSPS) is 15.5. The van der Waals surface area contributed by atoms with E-state index in [2.05, 4.69) is 21.4 Å². The standard InChI is InChI=1S/C30H29FN6O3S/c1-18(2)12-21(15-32)29(40)36-11-3-4-22(36)16-37-24-6-5-19(17-38)13-23(24)34-30(37)35-28(39)26-8-7-25(41-26)20-9-10-33-27(31)14-20/h5-10,12-14,18,22,38H,3-4,11,16-17H2,1-2H3,(H,34,35,39)/b21-12+/t22-/m1/s1. The number of hydrogen-bond donors (Lipinski definition) is 2. The van der Waals surface area contributed by atoms with Crippen LogP contribution in [0.3, 0.4) is 0 Å². The van der Waals surface area contributed by atoms with Crippen LogP contribution in [-0.2, 0) is 17.9 Å². The SMILES string of the molecule is CC(C)/C=C(\C#N)C(=O)N1CCC[C@@H]1Cn1c(NC(=O)c2ccc(-c3ccnc(F)c3)s2)nc2cc(CO)ccc21. The zero-order valence-electron chi connectivity index (χ0n) is 22.7. The number of aliphatic hydroxyl groups excluding tert-OH is 1. The number of anilines is 1. The highest BCUT2D eigenvalue weighted by Crippen LogP contribution is 2.30. The molecule has 1 aromatic carbocycles. The molecule has 1 aliphatic heterocycles. The Morgan fingerprint density at radius 3 is 2.83 bits per heavy atom. The van der Waals surface area contributed by atoms with Gasteiger partial charge in [-0.05, 0) is 60.2 Å². The van der Waals surface area contributed by atoms with E-state index in [1.54, 1.807) is 41.3 Å². The molecule has 0 unspecified atom stereocenters. The van der Waals surface area contributed by atoms with Crippen molar-refractivity contribution in [2.45, 2.75) is 45.9 Å². The maximum absolute atomic E-state index is 13.6. The second kappa shape index (κ2) is 12.0. The summed E-state index contributed by atoms with van der Waals surface area (Å²) in [5.74, 6) is -0.896. The summed E-state index contributed by atoms with van der Waals surface area (Å²) < 4.78 is 15.5. The first-order chi connectivity index (χ1) is 19.8. The van der Waals surface area contributed by atoms with E-state index < -0.39 is 5.95 Å². The van der Waals surface area contributed by atoms with Crippen LogP contribution < -0.4 is 5.32 Å². The number of pyridine rings is 1. The number of halogens is 1. The van der Waals surface area contributed by atoms with Crippen LogP contribution in [0, 0.1) is 23.2 Å². The first kappa shape index (κ1) is 28.1. The van der Waals surface area contributed by atoms with E-state index in [-0.39, 0.29) is 36.0 Å². The van der Waals surface area contributed by atoms with Gasteiger partial charge in [-0.1, -0.05) is 26.0 Å². The van der Waals surface area contributed by atoms with E-state index in [0.717, 1.165) is 23.2 Å². The fourth-order valence-electron chi connectivity index (χ4n) is 5.04. The minimum atomic E-state index is -0.598. The Hall–Kier alpha value is -4.40. The number of fused-ring (bicyclic) bond motifs is 1. The van der Waals surface area contributed by atoms with Gasteiger partial charge in [-0.15, -0.1) is 11.3 Å². The molecule has 11 heteroatoms. The maximum Gasteiger partial charge on any atom is 0.268 e. The van der Waals surface area contributed by atoms with Gasteiger partial charge in [-0.2, -0.15) is 9.65 Å². The lowest BCUT2D eigenvalue weighted by Crippen LogP contribution is -2.39. The van der Waals surface area contributed by atoms with Crippen molar-refractivity contribution in [1.29, 1.82) is 5.26 Å². The van der Waals surface area contributed by atoms with Crippen LogP contribution in [0.25, 0.3) is 21.5 Å². The number of benzene rings is 1. The Labute approximate surface area is 240 Å². The van der Waals surface area contributed by atoms with Gasteiger partial charge in [-0.3, -0.25) is 14.9 Å². The van der Waals surface area contributed by atoms with Crippen LogP contribution in [0.1, 0.15) is 41.9 Å². The second-order valence-corrected chi connectivity index (χ2v) is 11.3. The molecule has 210 valence electrons. The highest BCUT2D eigenvalue weighted by Gasteiger charge is 2.32. The lowest BCUT2D eigenvalue weighted by molar-refractivity contribution is -0.127. The lowest BCUT2D eigenvalue weighted by atomic mass is 10.1. The number of carbonyl (C=O) groups is 2. The molecular formula is C30H29FN6O3S. The molecule has 2 amide bonds. The Balaban J connectivity index is 1.45. The predicted molar refractivity (Wildman–Crippen MR) is 154 cm³/mol. The van der Waals surface area contributed by atoms with Crippen molar-refractivity contribution in [1.82, 2.24) is 19.4 Å². The quantitative estimate of drug-likeness (QED) is 0.171. The number of nitrogens with one attached hydrogen (secondary N) is 1. The van der Waals surface area contributed by atoms with Crippen molar-refractivity contribution >= 4 is 40.1 Å². The Bertz CT molecular complexity index is 1680. The summed E-state index contributed by atoms with van der Waals surface area (Å²) in [7, 11) is 0. The zero-order chi connectivity index (χ0) is 29.1. The van der Waals surface area contributed by atoms with E-state index in [1.807, 2.05) is 24.5 Å². The predicted octanol–water partition coefficient (Wildman–Crippen LogP) is 5.14. The van der Waals surface area contributed by atoms with Crippen molar-refractivity contribution in [3.05, 3.63) is 76.7 Å². The molecule has 1 fully saturated rings. The number of carbonyl (C=O) groups excluding carboxylic acids is 2. The largest absolute Gasteiger partial charge is 0.392 e. The molecule has 0 bridgehead atoms. The second-order valence-electron chi connectivity index (χ2n) is 10.2. The van der Waals surface area contributed by atoms with Crippen LogP contribution in [-0.4, -0.2) is 48.9 Å². The van der Waals surface area contributed by atoms with Crippen LogP contribution in [0.4, 0.5) is 10.3 Å². The van der Waals surface area contributed by atoms with Gasteiger partial charge in [0.05, 0.1) is 28.6 Å². The van der Waals surface area contributed by atoms with Gasteiger partial charge in [0.15, 0.2) is 0 Å².